The summed E-state index contributed by atoms with van der Waals surface area (Å²) < 4.78 is 0. The second-order valence-corrected chi connectivity index (χ2v) is 3.49. The maximum Gasteiger partial charge on any atom is 0.0533 e. The summed E-state index contributed by atoms with van der Waals surface area (Å²) in [7, 11) is 0. The zero-order valence-electron chi connectivity index (χ0n) is 8.18. The summed E-state index contributed by atoms with van der Waals surface area (Å²) in [5.41, 5.74) is 10.1. The molecule has 0 aliphatic heterocycles. The summed E-state index contributed by atoms with van der Waals surface area (Å²) >= 11 is 0. The van der Waals surface area contributed by atoms with Gasteiger partial charge in [-0.2, -0.15) is 0 Å². The summed E-state index contributed by atoms with van der Waals surface area (Å²) in [5.74, 6) is 0.501. The van der Waals surface area contributed by atoms with E-state index < -0.39 is 0 Å². The lowest BCUT2D eigenvalue weighted by Gasteiger charge is -2.13. The average molecular weight is 164 g/mol. The summed E-state index contributed by atoms with van der Waals surface area (Å²) in [6.45, 7) is 8.41. The van der Waals surface area contributed by atoms with Crippen LogP contribution < -0.4 is 5.73 Å². The molecule has 2 heteroatoms. The van der Waals surface area contributed by atoms with Crippen molar-refractivity contribution in [2.75, 3.05) is 5.73 Å². The molecule has 0 unspecified atom stereocenters. The number of nitrogens with zero attached hydrogens (tertiary/aromatic N) is 1. The van der Waals surface area contributed by atoms with Crippen LogP contribution in [-0.4, -0.2) is 4.98 Å². The molecule has 0 amide bonds. The highest BCUT2D eigenvalue weighted by molar-refractivity contribution is 5.50. The monoisotopic (exact) mass is 164 g/mol. The Kier molecular flexibility index (Phi) is 2.36. The minimum absolute atomic E-state index is 0.501. The molecule has 1 aromatic heterocycles. The highest BCUT2D eigenvalue weighted by Gasteiger charge is 2.09. The molecule has 0 aliphatic carbocycles. The van der Waals surface area contributed by atoms with Crippen LogP contribution in [0.4, 0.5) is 5.69 Å². The van der Waals surface area contributed by atoms with E-state index in [0.717, 1.165) is 11.4 Å². The molecule has 0 saturated carbocycles. The van der Waals surface area contributed by atoms with Crippen molar-refractivity contribution in [2.45, 2.75) is 33.6 Å². The van der Waals surface area contributed by atoms with Gasteiger partial charge in [-0.1, -0.05) is 13.8 Å². The second-order valence-electron chi connectivity index (χ2n) is 3.49. The number of pyridine rings is 1. The van der Waals surface area contributed by atoms with Gasteiger partial charge in [-0.3, -0.25) is 4.98 Å². The quantitative estimate of drug-likeness (QED) is 0.692. The van der Waals surface area contributed by atoms with Crippen LogP contribution in [0.15, 0.2) is 6.20 Å². The Morgan fingerprint density at radius 2 is 1.92 bits per heavy atom. The molecule has 12 heavy (non-hydrogen) atoms. The average Bonchev–Trinajstić information content (AvgIpc) is 1.97. The third kappa shape index (κ3) is 1.42. The van der Waals surface area contributed by atoms with E-state index >= 15 is 0 Å². The maximum absolute atomic E-state index is 5.76. The van der Waals surface area contributed by atoms with Crippen molar-refractivity contribution in [3.8, 4) is 0 Å². The van der Waals surface area contributed by atoms with Crippen molar-refractivity contribution >= 4 is 5.69 Å². The molecule has 0 fully saturated rings. The minimum Gasteiger partial charge on any atom is -0.397 e. The third-order valence-corrected chi connectivity index (χ3v) is 2.20. The van der Waals surface area contributed by atoms with Gasteiger partial charge >= 0.3 is 0 Å². The lowest BCUT2D eigenvalue weighted by Crippen LogP contribution is -2.02. The number of aryl methyl sites for hydroxylation is 1. The van der Waals surface area contributed by atoms with Crippen LogP contribution in [0.1, 0.15) is 36.6 Å². The molecule has 1 rings (SSSR count). The predicted molar refractivity (Wildman–Crippen MR) is 52.2 cm³/mol. The van der Waals surface area contributed by atoms with Crippen molar-refractivity contribution in [3.63, 3.8) is 0 Å². The van der Waals surface area contributed by atoms with E-state index in [1.165, 1.54) is 11.1 Å². The molecular weight excluding hydrogens is 148 g/mol. The van der Waals surface area contributed by atoms with Crippen molar-refractivity contribution in [1.82, 2.24) is 4.98 Å². The molecule has 0 aliphatic rings. The summed E-state index contributed by atoms with van der Waals surface area (Å²) in [5, 5.41) is 0. The first-order valence-corrected chi connectivity index (χ1v) is 4.25. The zero-order valence-corrected chi connectivity index (χ0v) is 8.18. The molecule has 0 bridgehead atoms. The van der Waals surface area contributed by atoms with E-state index in [4.69, 9.17) is 5.73 Å². The first kappa shape index (κ1) is 9.04. The van der Waals surface area contributed by atoms with Gasteiger partial charge in [-0.15, -0.1) is 0 Å². The van der Waals surface area contributed by atoms with Crippen LogP contribution in [0.2, 0.25) is 0 Å². The van der Waals surface area contributed by atoms with Crippen LogP contribution in [0, 0.1) is 13.8 Å². The van der Waals surface area contributed by atoms with Crippen LogP contribution in [0.25, 0.3) is 0 Å². The van der Waals surface area contributed by atoms with E-state index in [-0.39, 0.29) is 0 Å². The number of anilines is 1. The van der Waals surface area contributed by atoms with E-state index in [1.54, 1.807) is 6.20 Å². The predicted octanol–water partition coefficient (Wildman–Crippen LogP) is 2.40. The number of aromatic nitrogens is 1. The van der Waals surface area contributed by atoms with E-state index in [2.05, 4.69) is 25.8 Å². The molecule has 2 nitrogen and oxygen atoms in total. The lowest BCUT2D eigenvalue weighted by molar-refractivity contribution is 0.833. The molecule has 1 heterocycles. The van der Waals surface area contributed by atoms with E-state index in [0.29, 0.717) is 5.92 Å². The van der Waals surface area contributed by atoms with Gasteiger partial charge in [-0.05, 0) is 30.9 Å². The normalized spacial score (nSPS) is 10.8. The molecule has 0 spiro atoms. The van der Waals surface area contributed by atoms with Gasteiger partial charge in [0.1, 0.15) is 0 Å². The van der Waals surface area contributed by atoms with Crippen LogP contribution in [-0.2, 0) is 0 Å². The molecule has 1 aromatic rings. The van der Waals surface area contributed by atoms with Gasteiger partial charge < -0.3 is 5.73 Å². The summed E-state index contributed by atoms with van der Waals surface area (Å²) in [6.07, 6.45) is 1.73. The van der Waals surface area contributed by atoms with E-state index in [9.17, 15) is 0 Å². The molecule has 66 valence electrons. The molecule has 0 aromatic carbocycles. The van der Waals surface area contributed by atoms with Crippen LogP contribution >= 0.6 is 0 Å². The van der Waals surface area contributed by atoms with Gasteiger partial charge in [0.25, 0.3) is 0 Å². The number of nitrogen functional groups attached to an aromatic ring is 1. The SMILES string of the molecule is Cc1ncc(N)c(C)c1C(C)C. The first-order chi connectivity index (χ1) is 5.54. The summed E-state index contributed by atoms with van der Waals surface area (Å²) in [6, 6.07) is 0. The molecule has 0 radical (unpaired) electrons. The Bertz CT molecular complexity index is 290. The van der Waals surface area contributed by atoms with Gasteiger partial charge in [-0.25, -0.2) is 0 Å². The van der Waals surface area contributed by atoms with Gasteiger partial charge in [0.15, 0.2) is 0 Å². The number of rotatable bonds is 1. The molecular formula is C10H16N2. The van der Waals surface area contributed by atoms with Crippen molar-refractivity contribution < 1.29 is 0 Å². The Hall–Kier alpha value is -1.05. The van der Waals surface area contributed by atoms with Gasteiger partial charge in [0.2, 0.25) is 0 Å². The zero-order chi connectivity index (χ0) is 9.30. The topological polar surface area (TPSA) is 38.9 Å². The Morgan fingerprint density at radius 1 is 1.33 bits per heavy atom. The molecule has 0 atom stereocenters. The smallest absolute Gasteiger partial charge is 0.0533 e. The Balaban J connectivity index is 3.33. The standard InChI is InChI=1S/C10H16N2/c1-6(2)10-7(3)9(11)5-12-8(10)4/h5-6H,11H2,1-4H3. The maximum atomic E-state index is 5.76. The molecule has 0 saturated heterocycles. The van der Waals surface area contributed by atoms with Crippen molar-refractivity contribution in [2.24, 2.45) is 0 Å². The number of nitrogens with two attached hydrogens (primary N) is 1. The van der Waals surface area contributed by atoms with Gasteiger partial charge in [0.05, 0.1) is 11.9 Å². The fraction of sp³-hybridized carbons (Fsp3) is 0.500. The van der Waals surface area contributed by atoms with E-state index in [1.807, 2.05) is 6.92 Å². The minimum atomic E-state index is 0.501. The fourth-order valence-corrected chi connectivity index (χ4v) is 1.61. The summed E-state index contributed by atoms with van der Waals surface area (Å²) in [4.78, 5) is 4.24. The third-order valence-electron chi connectivity index (χ3n) is 2.20. The Morgan fingerprint density at radius 3 is 2.33 bits per heavy atom. The highest BCUT2D eigenvalue weighted by Crippen LogP contribution is 2.24. The fourth-order valence-electron chi connectivity index (χ4n) is 1.61. The largest absolute Gasteiger partial charge is 0.397 e. The van der Waals surface area contributed by atoms with Crippen LogP contribution in [0.3, 0.4) is 0 Å². The van der Waals surface area contributed by atoms with Crippen molar-refractivity contribution in [1.29, 1.82) is 0 Å². The number of hydrogen-bond donors (Lipinski definition) is 1. The van der Waals surface area contributed by atoms with Gasteiger partial charge in [0, 0.05) is 5.69 Å². The lowest BCUT2D eigenvalue weighted by atomic mass is 9.96. The van der Waals surface area contributed by atoms with Crippen molar-refractivity contribution in [3.05, 3.63) is 23.0 Å². The first-order valence-electron chi connectivity index (χ1n) is 4.25. The number of hydrogen-bond acceptors (Lipinski definition) is 2. The Labute approximate surface area is 73.8 Å². The highest BCUT2D eigenvalue weighted by atomic mass is 14.7. The van der Waals surface area contributed by atoms with Crippen LogP contribution in [0.5, 0.6) is 0 Å². The molecule has 2 N–H and O–H groups in total. The second kappa shape index (κ2) is 3.13.